The first kappa shape index (κ1) is 18.0. The van der Waals surface area contributed by atoms with Crippen LogP contribution in [0.4, 0.5) is 0 Å². The summed E-state index contributed by atoms with van der Waals surface area (Å²) in [5.41, 5.74) is 4.14. The van der Waals surface area contributed by atoms with Gasteiger partial charge in [0.05, 0.1) is 12.5 Å². The molecule has 3 aliphatic carbocycles. The quantitative estimate of drug-likeness (QED) is 0.775. The zero-order valence-corrected chi connectivity index (χ0v) is 17.1. The van der Waals surface area contributed by atoms with E-state index in [9.17, 15) is 13.2 Å². The maximum absolute atomic E-state index is 12.5. The van der Waals surface area contributed by atoms with Crippen LogP contribution in [0.2, 0.25) is 0 Å². The highest BCUT2D eigenvalue weighted by Gasteiger charge is 2.54. The van der Waals surface area contributed by atoms with Crippen molar-refractivity contribution in [3.63, 3.8) is 0 Å². The molecule has 1 aromatic heterocycles. The molecular formula is C21H25N3O3S. The number of rotatable bonds is 2. The number of carbonyl (C=O) groups is 1. The number of carbonyl (C=O) groups excluding carboxylic acids is 1. The summed E-state index contributed by atoms with van der Waals surface area (Å²) in [6.07, 6.45) is 8.62. The van der Waals surface area contributed by atoms with Crippen LogP contribution in [0, 0.1) is 17.3 Å². The summed E-state index contributed by atoms with van der Waals surface area (Å²) in [7, 11) is -3.43. The number of aromatic nitrogens is 3. The molecule has 5 rings (SSSR count). The second-order valence-corrected chi connectivity index (χ2v) is 10.8. The molecule has 2 saturated carbocycles. The van der Waals surface area contributed by atoms with Crippen molar-refractivity contribution in [3.05, 3.63) is 35.5 Å². The first-order valence-electron chi connectivity index (χ1n) is 10.1. The van der Waals surface area contributed by atoms with Crippen LogP contribution >= 0.6 is 0 Å². The molecule has 0 saturated heterocycles. The molecule has 3 aliphatic rings. The predicted molar refractivity (Wildman–Crippen MR) is 105 cm³/mol. The molecule has 2 aromatic rings. The Morgan fingerprint density at radius 2 is 2.00 bits per heavy atom. The van der Waals surface area contributed by atoms with Gasteiger partial charge in [-0.15, -0.1) is 9.19 Å². The van der Waals surface area contributed by atoms with Gasteiger partial charge < -0.3 is 0 Å². The van der Waals surface area contributed by atoms with Gasteiger partial charge >= 0.3 is 0 Å². The van der Waals surface area contributed by atoms with Gasteiger partial charge in [-0.25, -0.2) is 8.42 Å². The molecule has 4 atom stereocenters. The maximum Gasteiger partial charge on any atom is 0.252 e. The fourth-order valence-corrected chi connectivity index (χ4v) is 6.52. The number of Topliss-reactive ketones (excluding diaryl/α,β-unsaturated/α-hetero) is 1. The topological polar surface area (TPSA) is 81.9 Å². The lowest BCUT2D eigenvalue weighted by Crippen LogP contribution is -2.42. The molecule has 7 heteroatoms. The van der Waals surface area contributed by atoms with Crippen molar-refractivity contribution < 1.29 is 13.2 Å². The zero-order chi connectivity index (χ0) is 19.7. The van der Waals surface area contributed by atoms with E-state index in [1.807, 2.05) is 6.07 Å². The summed E-state index contributed by atoms with van der Waals surface area (Å²) in [6.45, 7) is 2.20. The molecule has 0 bridgehead atoms. The molecule has 1 unspecified atom stereocenters. The van der Waals surface area contributed by atoms with Gasteiger partial charge in [-0.3, -0.25) is 4.79 Å². The fraction of sp³-hybridized carbons (Fsp3) is 0.571. The molecule has 28 heavy (non-hydrogen) atoms. The number of benzene rings is 1. The Balaban J connectivity index is 1.47. The molecule has 0 aliphatic heterocycles. The number of hydrogen-bond acceptors (Lipinski definition) is 5. The van der Waals surface area contributed by atoms with Crippen LogP contribution in [-0.2, 0) is 21.2 Å². The lowest BCUT2D eigenvalue weighted by atomic mass is 9.55. The molecule has 0 amide bonds. The van der Waals surface area contributed by atoms with Crippen LogP contribution < -0.4 is 0 Å². The second-order valence-electron chi connectivity index (χ2n) is 8.99. The summed E-state index contributed by atoms with van der Waals surface area (Å²) in [6, 6.07) is 6.38. The number of aryl methyl sites for hydroxylation is 1. The third-order valence-electron chi connectivity index (χ3n) is 7.54. The molecule has 0 N–H and O–H groups in total. The monoisotopic (exact) mass is 399 g/mol. The maximum atomic E-state index is 12.5. The Kier molecular flexibility index (Phi) is 3.86. The van der Waals surface area contributed by atoms with Gasteiger partial charge in [0.1, 0.15) is 11.5 Å². The molecule has 148 valence electrons. The van der Waals surface area contributed by atoms with E-state index in [1.54, 1.807) is 0 Å². The summed E-state index contributed by atoms with van der Waals surface area (Å²) in [4.78, 5) is 12.5. The summed E-state index contributed by atoms with van der Waals surface area (Å²) in [5, 5.41) is 7.78. The highest BCUT2D eigenvalue weighted by molar-refractivity contribution is 7.89. The van der Waals surface area contributed by atoms with E-state index < -0.39 is 10.0 Å². The van der Waals surface area contributed by atoms with E-state index in [0.717, 1.165) is 54.4 Å². The van der Waals surface area contributed by atoms with Crippen LogP contribution in [-0.4, -0.2) is 34.9 Å². The van der Waals surface area contributed by atoms with E-state index in [-0.39, 0.29) is 5.41 Å². The number of ketones is 1. The Morgan fingerprint density at radius 3 is 2.75 bits per heavy atom. The predicted octanol–water partition coefficient (Wildman–Crippen LogP) is 3.18. The van der Waals surface area contributed by atoms with Gasteiger partial charge in [0.2, 0.25) is 0 Å². The largest absolute Gasteiger partial charge is 0.299 e. The van der Waals surface area contributed by atoms with Crippen LogP contribution in [0.15, 0.2) is 24.4 Å². The minimum Gasteiger partial charge on any atom is -0.299 e. The van der Waals surface area contributed by atoms with Gasteiger partial charge in [-0.05, 0) is 67.1 Å². The van der Waals surface area contributed by atoms with Gasteiger partial charge in [0, 0.05) is 17.4 Å². The summed E-state index contributed by atoms with van der Waals surface area (Å²) in [5.74, 6) is 2.15. The van der Waals surface area contributed by atoms with Crippen molar-refractivity contribution in [1.82, 2.24) is 14.4 Å². The number of nitrogens with zero attached hydrogens (tertiary/aromatic N) is 3. The first-order chi connectivity index (χ1) is 13.3. The van der Waals surface area contributed by atoms with Crippen LogP contribution in [0.5, 0.6) is 0 Å². The van der Waals surface area contributed by atoms with Crippen molar-refractivity contribution >= 4 is 15.8 Å². The minimum atomic E-state index is -3.43. The minimum absolute atomic E-state index is 0.0945. The number of hydrogen-bond donors (Lipinski definition) is 0. The van der Waals surface area contributed by atoms with E-state index >= 15 is 0 Å². The Bertz CT molecular complexity index is 1070. The zero-order valence-electron chi connectivity index (χ0n) is 16.3. The molecular weight excluding hydrogens is 374 g/mol. The van der Waals surface area contributed by atoms with Gasteiger partial charge in [0.15, 0.2) is 0 Å². The van der Waals surface area contributed by atoms with Crippen molar-refractivity contribution in [2.45, 2.75) is 51.4 Å². The average molecular weight is 400 g/mol. The SMILES string of the molecule is C[C@]12CC[C@@H]3c4ccc(-c5cn(S(C)(=O)=O)nn5)cc4CC[C@H]3C1CCC2=O. The highest BCUT2D eigenvalue weighted by Crippen LogP contribution is 2.59. The van der Waals surface area contributed by atoms with E-state index in [2.05, 4.69) is 29.4 Å². The normalized spacial score (nSPS) is 31.9. The van der Waals surface area contributed by atoms with Crippen molar-refractivity contribution in [2.24, 2.45) is 17.3 Å². The van der Waals surface area contributed by atoms with E-state index in [4.69, 9.17) is 0 Å². The molecule has 1 aromatic carbocycles. The van der Waals surface area contributed by atoms with Crippen molar-refractivity contribution in [3.8, 4) is 11.3 Å². The smallest absolute Gasteiger partial charge is 0.252 e. The van der Waals surface area contributed by atoms with Crippen LogP contribution in [0.3, 0.4) is 0 Å². The lowest BCUT2D eigenvalue weighted by molar-refractivity contribution is -0.129. The fourth-order valence-electron chi connectivity index (χ4n) is 6.06. The Morgan fingerprint density at radius 1 is 1.18 bits per heavy atom. The molecule has 2 fully saturated rings. The highest BCUT2D eigenvalue weighted by atomic mass is 32.2. The molecule has 1 heterocycles. The average Bonchev–Trinajstić information content (AvgIpc) is 3.27. The first-order valence-corrected chi connectivity index (χ1v) is 11.9. The standard InChI is InChI=1S/C21H25N3O3S/c1-21-10-9-16-15-5-4-14(19-12-24(23-22-19)28(2,26)27)11-13(15)3-6-17(16)18(21)7-8-20(21)25/h4-5,11-12,16-18H,3,6-10H2,1-2H3/t16-,17-,18?,21+/m1/s1. The van der Waals surface area contributed by atoms with Gasteiger partial charge in [-0.2, -0.15) is 0 Å². The molecule has 0 spiro atoms. The van der Waals surface area contributed by atoms with Crippen molar-refractivity contribution in [2.75, 3.05) is 6.26 Å². The second kappa shape index (κ2) is 5.99. The summed E-state index contributed by atoms with van der Waals surface area (Å²) < 4.78 is 24.2. The Hall–Kier alpha value is -2.02. The van der Waals surface area contributed by atoms with E-state index in [1.165, 1.54) is 17.3 Å². The number of fused-ring (bicyclic) bond motifs is 5. The summed E-state index contributed by atoms with van der Waals surface area (Å²) >= 11 is 0. The van der Waals surface area contributed by atoms with Gasteiger partial charge in [-0.1, -0.05) is 24.3 Å². The Labute approximate surface area is 165 Å². The third-order valence-corrected chi connectivity index (χ3v) is 8.40. The molecule has 6 nitrogen and oxygen atoms in total. The third kappa shape index (κ3) is 2.59. The van der Waals surface area contributed by atoms with E-state index in [0.29, 0.717) is 29.2 Å². The van der Waals surface area contributed by atoms with Gasteiger partial charge in [0.25, 0.3) is 10.0 Å². The molecule has 0 radical (unpaired) electrons. The lowest BCUT2D eigenvalue weighted by Gasteiger charge is -2.48. The van der Waals surface area contributed by atoms with Crippen LogP contribution in [0.1, 0.15) is 56.1 Å². The van der Waals surface area contributed by atoms with Crippen LogP contribution in [0.25, 0.3) is 11.3 Å². The van der Waals surface area contributed by atoms with Crippen molar-refractivity contribution in [1.29, 1.82) is 0 Å².